The number of halogens is 2. The summed E-state index contributed by atoms with van der Waals surface area (Å²) < 4.78 is 30.3. The lowest BCUT2D eigenvalue weighted by Crippen LogP contribution is -2.19. The fraction of sp³-hybridized carbons (Fsp3) is 0.111. The smallest absolute Gasteiger partial charge is 0.387 e. The standard InChI is InChI=1S/C18H13F2NO4/c19-18(20)25-12-7-5-11(6-8-12)9-21-10-14(17(23)24)16(22)13-3-1-2-4-15(13)21/h1-8,10,18H,9H2,(H,23,24). The number of carboxylic acids is 1. The predicted molar refractivity (Wildman–Crippen MR) is 87.3 cm³/mol. The van der Waals surface area contributed by atoms with Crippen LogP contribution in [0.1, 0.15) is 15.9 Å². The van der Waals surface area contributed by atoms with Crippen LogP contribution in [0.2, 0.25) is 0 Å². The monoisotopic (exact) mass is 345 g/mol. The van der Waals surface area contributed by atoms with Crippen LogP contribution in [0.25, 0.3) is 10.9 Å². The Morgan fingerprint density at radius 3 is 2.44 bits per heavy atom. The summed E-state index contributed by atoms with van der Waals surface area (Å²) in [5.74, 6) is -1.26. The highest BCUT2D eigenvalue weighted by atomic mass is 19.3. The first kappa shape index (κ1) is 16.6. The Hall–Kier alpha value is -3.22. The molecule has 1 aromatic heterocycles. The van der Waals surface area contributed by atoms with Crippen molar-refractivity contribution >= 4 is 16.9 Å². The van der Waals surface area contributed by atoms with E-state index in [1.54, 1.807) is 41.0 Å². The van der Waals surface area contributed by atoms with E-state index >= 15 is 0 Å². The summed E-state index contributed by atoms with van der Waals surface area (Å²) in [6, 6.07) is 12.7. The molecule has 128 valence electrons. The van der Waals surface area contributed by atoms with Gasteiger partial charge >= 0.3 is 12.6 Å². The average molecular weight is 345 g/mol. The van der Waals surface area contributed by atoms with E-state index in [1.165, 1.54) is 18.3 Å². The van der Waals surface area contributed by atoms with Gasteiger partial charge in [0.15, 0.2) is 0 Å². The Morgan fingerprint density at radius 1 is 1.12 bits per heavy atom. The highest BCUT2D eigenvalue weighted by Gasteiger charge is 2.14. The maximum Gasteiger partial charge on any atom is 0.387 e. The van der Waals surface area contributed by atoms with E-state index in [9.17, 15) is 23.5 Å². The van der Waals surface area contributed by atoms with Crippen molar-refractivity contribution < 1.29 is 23.4 Å². The number of carbonyl (C=O) groups is 1. The first-order valence-corrected chi connectivity index (χ1v) is 7.35. The third kappa shape index (κ3) is 3.50. The molecule has 3 rings (SSSR count). The van der Waals surface area contributed by atoms with Crippen molar-refractivity contribution in [2.75, 3.05) is 0 Å². The number of alkyl halides is 2. The van der Waals surface area contributed by atoms with Crippen LogP contribution in [0.3, 0.4) is 0 Å². The third-order valence-electron chi connectivity index (χ3n) is 3.72. The number of aromatic nitrogens is 1. The number of ether oxygens (including phenoxy) is 1. The largest absolute Gasteiger partial charge is 0.477 e. The van der Waals surface area contributed by atoms with Gasteiger partial charge in [-0.3, -0.25) is 4.79 Å². The molecule has 0 bridgehead atoms. The summed E-state index contributed by atoms with van der Waals surface area (Å²) in [5.41, 5.74) is 0.466. The van der Waals surface area contributed by atoms with Gasteiger partial charge in [-0.25, -0.2) is 4.79 Å². The molecular weight excluding hydrogens is 332 g/mol. The van der Waals surface area contributed by atoms with Crippen LogP contribution in [0.4, 0.5) is 8.78 Å². The molecule has 0 aliphatic carbocycles. The number of rotatable bonds is 5. The lowest BCUT2D eigenvalue weighted by Gasteiger charge is -2.13. The molecule has 0 aliphatic heterocycles. The highest BCUT2D eigenvalue weighted by Crippen LogP contribution is 2.18. The van der Waals surface area contributed by atoms with Gasteiger partial charge < -0.3 is 14.4 Å². The Labute approximate surface area is 140 Å². The molecule has 3 aromatic rings. The molecule has 2 aromatic carbocycles. The Morgan fingerprint density at radius 2 is 1.80 bits per heavy atom. The molecular formula is C18H13F2NO4. The molecule has 0 amide bonds. The predicted octanol–water partition coefficient (Wildman–Crippen LogP) is 3.35. The molecule has 0 atom stereocenters. The summed E-state index contributed by atoms with van der Waals surface area (Å²) in [4.78, 5) is 23.6. The van der Waals surface area contributed by atoms with Crippen LogP contribution in [0.15, 0.2) is 59.5 Å². The highest BCUT2D eigenvalue weighted by molar-refractivity contribution is 5.92. The van der Waals surface area contributed by atoms with Gasteiger partial charge in [0.05, 0.1) is 5.52 Å². The number of hydrogen-bond donors (Lipinski definition) is 1. The van der Waals surface area contributed by atoms with Crippen molar-refractivity contribution in [2.24, 2.45) is 0 Å². The van der Waals surface area contributed by atoms with Gasteiger partial charge in [-0.1, -0.05) is 24.3 Å². The summed E-state index contributed by atoms with van der Waals surface area (Å²) in [6.07, 6.45) is 1.29. The molecule has 7 heteroatoms. The van der Waals surface area contributed by atoms with E-state index in [0.717, 1.165) is 5.56 Å². The van der Waals surface area contributed by atoms with Crippen molar-refractivity contribution in [3.8, 4) is 5.75 Å². The second kappa shape index (κ2) is 6.72. The molecule has 1 heterocycles. The average Bonchev–Trinajstić information content (AvgIpc) is 2.58. The van der Waals surface area contributed by atoms with Crippen LogP contribution in [-0.2, 0) is 6.54 Å². The first-order chi connectivity index (χ1) is 12.0. The molecule has 25 heavy (non-hydrogen) atoms. The fourth-order valence-corrected chi connectivity index (χ4v) is 2.60. The molecule has 0 radical (unpaired) electrons. The van der Waals surface area contributed by atoms with Crippen LogP contribution in [0.5, 0.6) is 5.75 Å². The molecule has 0 fully saturated rings. The van der Waals surface area contributed by atoms with Crippen molar-refractivity contribution in [3.63, 3.8) is 0 Å². The van der Waals surface area contributed by atoms with Crippen molar-refractivity contribution in [1.82, 2.24) is 4.57 Å². The first-order valence-electron chi connectivity index (χ1n) is 7.35. The normalized spacial score (nSPS) is 11.0. The molecule has 0 aliphatic rings. The summed E-state index contributed by atoms with van der Waals surface area (Å²) in [6.45, 7) is -2.62. The Kier molecular flexibility index (Phi) is 4.47. The lowest BCUT2D eigenvalue weighted by molar-refractivity contribution is -0.0498. The SMILES string of the molecule is O=C(O)c1cn(Cc2ccc(OC(F)F)cc2)c2ccccc2c1=O. The zero-order valence-corrected chi connectivity index (χ0v) is 12.9. The van der Waals surface area contributed by atoms with E-state index in [-0.39, 0.29) is 17.9 Å². The number of nitrogens with zero attached hydrogens (tertiary/aromatic N) is 1. The number of carboxylic acid groups (broad SMARTS) is 1. The van der Waals surface area contributed by atoms with Crippen molar-refractivity contribution in [3.05, 3.63) is 76.1 Å². The van der Waals surface area contributed by atoms with Gasteiger partial charge in [0, 0.05) is 18.1 Å². The molecule has 0 saturated heterocycles. The van der Waals surface area contributed by atoms with Crippen LogP contribution in [-0.4, -0.2) is 22.3 Å². The molecule has 5 nitrogen and oxygen atoms in total. The minimum Gasteiger partial charge on any atom is -0.477 e. The molecule has 1 N–H and O–H groups in total. The zero-order valence-electron chi connectivity index (χ0n) is 12.9. The van der Waals surface area contributed by atoms with Crippen LogP contribution < -0.4 is 10.2 Å². The van der Waals surface area contributed by atoms with E-state index in [2.05, 4.69) is 4.74 Å². The van der Waals surface area contributed by atoms with E-state index < -0.39 is 18.0 Å². The summed E-state index contributed by atoms with van der Waals surface area (Å²) in [7, 11) is 0. The Balaban J connectivity index is 2.02. The van der Waals surface area contributed by atoms with Gasteiger partial charge in [-0.05, 0) is 29.8 Å². The number of benzene rings is 2. The van der Waals surface area contributed by atoms with Crippen molar-refractivity contribution in [1.29, 1.82) is 0 Å². The molecule has 0 unspecified atom stereocenters. The van der Waals surface area contributed by atoms with Gasteiger partial charge in [0.1, 0.15) is 11.3 Å². The maximum atomic E-state index is 12.2. The summed E-state index contributed by atoms with van der Waals surface area (Å²) >= 11 is 0. The zero-order chi connectivity index (χ0) is 18.0. The minimum atomic E-state index is -2.90. The second-order valence-corrected chi connectivity index (χ2v) is 5.34. The molecule has 0 spiro atoms. The maximum absolute atomic E-state index is 12.2. The van der Waals surface area contributed by atoms with E-state index in [4.69, 9.17) is 0 Å². The number of hydrogen-bond acceptors (Lipinski definition) is 3. The number of aromatic carboxylic acids is 1. The van der Waals surface area contributed by atoms with Crippen LogP contribution >= 0.6 is 0 Å². The van der Waals surface area contributed by atoms with Gasteiger partial charge in [-0.15, -0.1) is 0 Å². The number of pyridine rings is 1. The number of fused-ring (bicyclic) bond motifs is 1. The minimum absolute atomic E-state index is 0.0368. The topological polar surface area (TPSA) is 68.5 Å². The Bertz CT molecular complexity index is 981. The number of para-hydroxylation sites is 1. The van der Waals surface area contributed by atoms with Gasteiger partial charge in [-0.2, -0.15) is 8.78 Å². The lowest BCUT2D eigenvalue weighted by atomic mass is 10.1. The second-order valence-electron chi connectivity index (χ2n) is 5.34. The van der Waals surface area contributed by atoms with Crippen LogP contribution in [0, 0.1) is 0 Å². The third-order valence-corrected chi connectivity index (χ3v) is 3.72. The van der Waals surface area contributed by atoms with E-state index in [0.29, 0.717) is 10.9 Å². The summed E-state index contributed by atoms with van der Waals surface area (Å²) in [5, 5.41) is 9.54. The van der Waals surface area contributed by atoms with Crippen molar-refractivity contribution in [2.45, 2.75) is 13.2 Å². The van der Waals surface area contributed by atoms with E-state index in [1.807, 2.05) is 0 Å². The van der Waals surface area contributed by atoms with Gasteiger partial charge in [0.25, 0.3) is 0 Å². The van der Waals surface area contributed by atoms with Gasteiger partial charge in [0.2, 0.25) is 5.43 Å². The fourth-order valence-electron chi connectivity index (χ4n) is 2.60. The quantitative estimate of drug-likeness (QED) is 0.770. The molecule has 0 saturated carbocycles.